The van der Waals surface area contributed by atoms with Crippen LogP contribution in [-0.2, 0) is 47.4 Å². The van der Waals surface area contributed by atoms with Gasteiger partial charge >= 0.3 is 20.1 Å². The van der Waals surface area contributed by atoms with Crippen LogP contribution in [0.4, 0.5) is 15.4 Å². The van der Waals surface area contributed by atoms with Crippen molar-refractivity contribution in [2.45, 2.75) is 70.2 Å². The van der Waals surface area contributed by atoms with Crippen molar-refractivity contribution in [3.8, 4) is 6.07 Å². The second-order valence-corrected chi connectivity index (χ2v) is 11.2. The Morgan fingerprint density at radius 2 is 1.71 bits per heavy atom. The Balaban J connectivity index is 1.78. The van der Waals surface area contributed by atoms with Crippen molar-refractivity contribution >= 4 is 31.5 Å². The van der Waals surface area contributed by atoms with Crippen LogP contribution in [0.2, 0.25) is 0 Å². The molecule has 1 aliphatic rings. The van der Waals surface area contributed by atoms with Crippen molar-refractivity contribution in [2.75, 3.05) is 25.9 Å². The van der Waals surface area contributed by atoms with Gasteiger partial charge in [-0.3, -0.25) is 4.52 Å². The maximum Gasteiger partial charge on any atom is 0.510 e. The van der Waals surface area contributed by atoms with Gasteiger partial charge in [-0.15, -0.1) is 0 Å². The second-order valence-electron chi connectivity index (χ2n) is 9.53. The number of aliphatic hydroxyl groups excluding tert-OH is 1. The molecule has 2 aromatic rings. The Morgan fingerprint density at radius 3 is 2.24 bits per heavy atom. The van der Waals surface area contributed by atoms with Crippen LogP contribution in [0.15, 0.2) is 18.5 Å². The number of nitrogens with zero attached hydrogens (tertiary/aromatic N) is 4. The zero-order valence-electron chi connectivity index (χ0n) is 23.4. The lowest BCUT2D eigenvalue weighted by molar-refractivity contribution is -0.116. The molecule has 2 aromatic heterocycles. The summed E-state index contributed by atoms with van der Waals surface area (Å²) in [6, 6.07) is 4.66. The number of aromatic nitrogens is 3. The molecule has 3 heterocycles. The van der Waals surface area contributed by atoms with Gasteiger partial charge in [0.1, 0.15) is 30.1 Å². The van der Waals surface area contributed by atoms with E-state index in [0.29, 0.717) is 5.52 Å². The first kappa shape index (κ1) is 32.9. The van der Waals surface area contributed by atoms with E-state index in [4.69, 9.17) is 33.5 Å². The molecule has 0 aliphatic carbocycles. The van der Waals surface area contributed by atoms with Gasteiger partial charge in [0, 0.05) is 0 Å². The number of carbonyl (C=O) groups excluding carboxylic acids is 2. The number of aliphatic hydroxyl groups is 2. The van der Waals surface area contributed by atoms with E-state index in [1.54, 1.807) is 33.8 Å². The fraction of sp³-hybridized carbons (Fsp3) is 0.609. The molecule has 4 N–H and O–H groups in total. The molecule has 1 fully saturated rings. The average molecular weight is 618 g/mol. The standard InChI is InChI=1S/C23H32N5O13P/c1-13(2)39-20(30)34-11-37-42(33,38-12-35-21(31)40-14(3)4)36-8-16-18(29)23(32,9-24)22(5,41-16)17-7-6-15-19(25)26-10-27-28(15)17/h6-7,10,13-14,16,18,29,32H,8,11-12H2,1-5H3,(H2,25,26,27)/t16-,18-,22+,23-/m1/s1. The lowest BCUT2D eigenvalue weighted by Crippen LogP contribution is -2.52. The molecular weight excluding hydrogens is 585 g/mol. The molecule has 42 heavy (non-hydrogen) atoms. The predicted octanol–water partition coefficient (Wildman–Crippen LogP) is 1.74. The van der Waals surface area contributed by atoms with E-state index >= 15 is 0 Å². The van der Waals surface area contributed by atoms with Crippen LogP contribution >= 0.6 is 7.82 Å². The minimum absolute atomic E-state index is 0.105. The highest BCUT2D eigenvalue weighted by molar-refractivity contribution is 7.48. The van der Waals surface area contributed by atoms with Gasteiger partial charge in [0.05, 0.1) is 24.5 Å². The third-order valence-corrected chi connectivity index (χ3v) is 7.18. The van der Waals surface area contributed by atoms with Crippen LogP contribution in [0.25, 0.3) is 5.52 Å². The van der Waals surface area contributed by atoms with Crippen molar-refractivity contribution in [3.63, 3.8) is 0 Å². The van der Waals surface area contributed by atoms with Crippen molar-refractivity contribution in [1.82, 2.24) is 14.6 Å². The maximum absolute atomic E-state index is 13.3. The van der Waals surface area contributed by atoms with Crippen molar-refractivity contribution in [3.05, 3.63) is 24.2 Å². The molecular formula is C23H32N5O13P. The minimum atomic E-state index is -4.74. The number of carbonyl (C=O) groups is 2. The Hall–Kier alpha value is -3.56. The summed E-state index contributed by atoms with van der Waals surface area (Å²) in [5.74, 6) is 0.105. The van der Waals surface area contributed by atoms with Gasteiger partial charge < -0.3 is 39.6 Å². The van der Waals surface area contributed by atoms with Gasteiger partial charge in [0.2, 0.25) is 19.2 Å². The smallest absolute Gasteiger partial charge is 0.432 e. The predicted molar refractivity (Wildman–Crippen MR) is 137 cm³/mol. The highest BCUT2D eigenvalue weighted by Crippen LogP contribution is 2.52. The van der Waals surface area contributed by atoms with E-state index in [1.807, 2.05) is 0 Å². The summed E-state index contributed by atoms with van der Waals surface area (Å²) in [6.07, 6.45) is -5.64. The summed E-state index contributed by atoms with van der Waals surface area (Å²) < 4.78 is 54.6. The number of nitrogen functional groups attached to an aromatic ring is 1. The highest BCUT2D eigenvalue weighted by Gasteiger charge is 2.65. The van der Waals surface area contributed by atoms with E-state index in [0.717, 1.165) is 6.33 Å². The summed E-state index contributed by atoms with van der Waals surface area (Å²) in [5, 5.41) is 36.2. The minimum Gasteiger partial charge on any atom is -0.432 e. The van der Waals surface area contributed by atoms with Gasteiger partial charge in [-0.25, -0.2) is 32.7 Å². The monoisotopic (exact) mass is 617 g/mol. The lowest BCUT2D eigenvalue weighted by atomic mass is 9.80. The molecule has 0 bridgehead atoms. The molecule has 0 spiro atoms. The van der Waals surface area contributed by atoms with Gasteiger partial charge in [0.25, 0.3) is 0 Å². The maximum atomic E-state index is 13.3. The first-order chi connectivity index (χ1) is 19.7. The summed E-state index contributed by atoms with van der Waals surface area (Å²) in [5.41, 5.74) is 1.84. The van der Waals surface area contributed by atoms with Gasteiger partial charge in [-0.2, -0.15) is 10.4 Å². The number of phosphoric ester groups is 1. The molecule has 3 rings (SSSR count). The highest BCUT2D eigenvalue weighted by atomic mass is 31.2. The van der Waals surface area contributed by atoms with Crippen molar-refractivity contribution in [2.24, 2.45) is 0 Å². The molecule has 4 atom stereocenters. The van der Waals surface area contributed by atoms with Crippen LogP contribution in [-0.4, -0.2) is 87.3 Å². The number of nitriles is 1. The summed E-state index contributed by atoms with van der Waals surface area (Å²) >= 11 is 0. The van der Waals surface area contributed by atoms with Crippen LogP contribution in [0.5, 0.6) is 0 Å². The zero-order valence-corrected chi connectivity index (χ0v) is 24.3. The number of hydrogen-bond acceptors (Lipinski definition) is 17. The van der Waals surface area contributed by atoms with E-state index < -0.39 is 75.9 Å². The van der Waals surface area contributed by atoms with Crippen LogP contribution < -0.4 is 5.73 Å². The Labute approximate surface area is 239 Å². The molecule has 19 heteroatoms. The number of phosphoric acid groups is 1. The molecule has 232 valence electrons. The largest absolute Gasteiger partial charge is 0.510 e. The third-order valence-electron chi connectivity index (χ3n) is 5.87. The number of rotatable bonds is 12. The summed E-state index contributed by atoms with van der Waals surface area (Å²) in [6.45, 7) is 4.82. The second kappa shape index (κ2) is 13.2. The Bertz CT molecular complexity index is 1330. The van der Waals surface area contributed by atoms with Gasteiger partial charge in [0.15, 0.2) is 11.4 Å². The van der Waals surface area contributed by atoms with E-state index in [9.17, 15) is 29.6 Å². The lowest BCUT2D eigenvalue weighted by Gasteiger charge is -2.33. The number of nitrogens with two attached hydrogens (primary N) is 1. The fourth-order valence-corrected chi connectivity index (χ4v) is 4.80. The molecule has 1 saturated heterocycles. The number of anilines is 1. The molecule has 0 unspecified atom stereocenters. The zero-order chi connectivity index (χ0) is 31.3. The molecule has 0 saturated carbocycles. The number of ether oxygens (including phenoxy) is 5. The van der Waals surface area contributed by atoms with E-state index in [1.165, 1.54) is 23.6 Å². The molecule has 0 aromatic carbocycles. The van der Waals surface area contributed by atoms with Crippen LogP contribution in [0.1, 0.15) is 40.3 Å². The fourth-order valence-electron chi connectivity index (χ4n) is 3.88. The van der Waals surface area contributed by atoms with Crippen molar-refractivity contribution in [1.29, 1.82) is 5.26 Å². The number of fused-ring (bicyclic) bond motifs is 1. The van der Waals surface area contributed by atoms with Gasteiger partial charge in [-0.1, -0.05) is 0 Å². The molecule has 1 aliphatic heterocycles. The topological polar surface area (TPSA) is 246 Å². The quantitative estimate of drug-likeness (QED) is 0.133. The molecule has 0 amide bonds. The van der Waals surface area contributed by atoms with E-state index in [2.05, 4.69) is 19.6 Å². The molecule has 18 nitrogen and oxygen atoms in total. The van der Waals surface area contributed by atoms with Crippen LogP contribution in [0.3, 0.4) is 0 Å². The Morgan fingerprint density at radius 1 is 1.14 bits per heavy atom. The van der Waals surface area contributed by atoms with Crippen molar-refractivity contribution < 1.29 is 61.6 Å². The SMILES string of the molecule is CC(C)OC(=O)OCOP(=O)(OCOC(=O)OC(C)C)OC[C@H]1O[C@@](C)(c2ccc3c(N)ncnn23)[C@@](O)(C#N)[C@@H]1O. The Kier molecular flexibility index (Phi) is 10.3. The summed E-state index contributed by atoms with van der Waals surface area (Å²) in [4.78, 5) is 27.2. The summed E-state index contributed by atoms with van der Waals surface area (Å²) in [7, 11) is -4.74. The third kappa shape index (κ3) is 7.07. The normalized spacial score (nSPS) is 24.1. The first-order valence-corrected chi connectivity index (χ1v) is 13.9. The average Bonchev–Trinajstić information content (AvgIpc) is 3.42. The molecule has 0 radical (unpaired) electrons. The van der Waals surface area contributed by atoms with Gasteiger partial charge in [-0.05, 0) is 46.8 Å². The number of hydrogen-bond donors (Lipinski definition) is 3. The first-order valence-electron chi connectivity index (χ1n) is 12.4. The van der Waals surface area contributed by atoms with Crippen LogP contribution in [0, 0.1) is 11.3 Å². The van der Waals surface area contributed by atoms with E-state index in [-0.39, 0.29) is 11.5 Å².